The van der Waals surface area contributed by atoms with E-state index in [0.717, 1.165) is 11.1 Å². The average Bonchev–Trinajstić information content (AvgIpc) is 2.61. The number of rotatable bonds is 4. The molecular formula is C17H25N3O4S. The highest BCUT2D eigenvalue weighted by molar-refractivity contribution is 7.89. The number of hydrogen-bond acceptors (Lipinski definition) is 5. The van der Waals surface area contributed by atoms with E-state index in [4.69, 9.17) is 4.74 Å². The minimum atomic E-state index is -3.57. The van der Waals surface area contributed by atoms with Crippen LogP contribution in [-0.2, 0) is 32.5 Å². The third-order valence-electron chi connectivity index (χ3n) is 4.62. The Bertz CT molecular complexity index is 742. The standard InChI is InChI=1S/C17H25N3O4S/c1-18(2)13-17(21)19-7-6-14-4-3-5-16(15(14)12-19)25(22,23)20-8-10-24-11-9-20/h3-5H,6-13H2,1-2H3. The van der Waals surface area contributed by atoms with Crippen LogP contribution in [0.25, 0.3) is 0 Å². The molecule has 1 aromatic carbocycles. The number of carbonyl (C=O) groups excluding carboxylic acids is 1. The monoisotopic (exact) mass is 367 g/mol. The smallest absolute Gasteiger partial charge is 0.243 e. The van der Waals surface area contributed by atoms with Gasteiger partial charge >= 0.3 is 0 Å². The molecule has 0 aromatic heterocycles. The molecule has 0 N–H and O–H groups in total. The van der Waals surface area contributed by atoms with E-state index in [1.54, 1.807) is 17.0 Å². The maximum atomic E-state index is 13.1. The molecule has 2 heterocycles. The predicted octanol–water partition coefficient (Wildman–Crippen LogP) is 0.154. The maximum Gasteiger partial charge on any atom is 0.243 e. The van der Waals surface area contributed by atoms with Crippen LogP contribution < -0.4 is 0 Å². The van der Waals surface area contributed by atoms with E-state index in [2.05, 4.69) is 0 Å². The topological polar surface area (TPSA) is 70.2 Å². The van der Waals surface area contributed by atoms with Gasteiger partial charge in [-0.2, -0.15) is 4.31 Å². The summed E-state index contributed by atoms with van der Waals surface area (Å²) >= 11 is 0. The molecule has 7 nitrogen and oxygen atoms in total. The molecule has 2 aliphatic heterocycles. The lowest BCUT2D eigenvalue weighted by molar-refractivity contribution is -0.132. The van der Waals surface area contributed by atoms with Crippen LogP contribution in [0.15, 0.2) is 23.1 Å². The Morgan fingerprint density at radius 1 is 1.20 bits per heavy atom. The second-order valence-electron chi connectivity index (χ2n) is 6.71. The van der Waals surface area contributed by atoms with Crippen molar-refractivity contribution in [1.82, 2.24) is 14.1 Å². The summed E-state index contributed by atoms with van der Waals surface area (Å²) in [4.78, 5) is 16.3. The van der Waals surface area contributed by atoms with Crippen LogP contribution in [0.2, 0.25) is 0 Å². The highest BCUT2D eigenvalue weighted by Gasteiger charge is 2.32. The number of fused-ring (bicyclic) bond motifs is 1. The molecule has 138 valence electrons. The number of hydrogen-bond donors (Lipinski definition) is 0. The number of benzene rings is 1. The van der Waals surface area contributed by atoms with Crippen LogP contribution in [0.5, 0.6) is 0 Å². The zero-order valence-electron chi connectivity index (χ0n) is 14.8. The zero-order chi connectivity index (χ0) is 18.0. The first kappa shape index (κ1) is 18.3. The fourth-order valence-electron chi connectivity index (χ4n) is 3.30. The Morgan fingerprint density at radius 2 is 1.92 bits per heavy atom. The summed E-state index contributed by atoms with van der Waals surface area (Å²) in [6.07, 6.45) is 0.682. The van der Waals surface area contributed by atoms with E-state index < -0.39 is 10.0 Å². The van der Waals surface area contributed by atoms with Crippen molar-refractivity contribution in [3.05, 3.63) is 29.3 Å². The zero-order valence-corrected chi connectivity index (χ0v) is 15.6. The Balaban J connectivity index is 1.90. The van der Waals surface area contributed by atoms with Crippen LogP contribution >= 0.6 is 0 Å². The predicted molar refractivity (Wildman–Crippen MR) is 93.7 cm³/mol. The molecular weight excluding hydrogens is 342 g/mol. The third-order valence-corrected chi connectivity index (χ3v) is 6.61. The van der Waals surface area contributed by atoms with E-state index in [9.17, 15) is 13.2 Å². The first-order valence-electron chi connectivity index (χ1n) is 8.51. The Kier molecular flexibility index (Phi) is 5.43. The molecule has 0 radical (unpaired) electrons. The first-order chi connectivity index (χ1) is 11.9. The Labute approximate surface area is 149 Å². The van der Waals surface area contributed by atoms with E-state index in [1.165, 1.54) is 4.31 Å². The van der Waals surface area contributed by atoms with Gasteiger partial charge in [-0.05, 0) is 37.7 Å². The van der Waals surface area contributed by atoms with Gasteiger partial charge in [0.1, 0.15) is 0 Å². The summed E-state index contributed by atoms with van der Waals surface area (Å²) in [5.74, 6) is 0.0224. The molecule has 0 aliphatic carbocycles. The van der Waals surface area contributed by atoms with Crippen molar-refractivity contribution in [2.45, 2.75) is 17.9 Å². The molecule has 0 bridgehead atoms. The van der Waals surface area contributed by atoms with Crippen molar-refractivity contribution in [2.75, 3.05) is 53.5 Å². The lowest BCUT2D eigenvalue weighted by Crippen LogP contribution is -2.43. The molecule has 0 spiro atoms. The summed E-state index contributed by atoms with van der Waals surface area (Å²) in [5.41, 5.74) is 1.77. The number of ether oxygens (including phenoxy) is 1. The molecule has 0 atom stereocenters. The average molecular weight is 367 g/mol. The molecule has 1 fully saturated rings. The molecule has 1 saturated heterocycles. The largest absolute Gasteiger partial charge is 0.379 e. The van der Waals surface area contributed by atoms with Gasteiger partial charge in [-0.3, -0.25) is 4.79 Å². The van der Waals surface area contributed by atoms with E-state index >= 15 is 0 Å². The Hall–Kier alpha value is -1.48. The maximum absolute atomic E-state index is 13.1. The van der Waals surface area contributed by atoms with Gasteiger partial charge in [0.25, 0.3) is 0 Å². The van der Waals surface area contributed by atoms with E-state index in [1.807, 2.05) is 25.1 Å². The molecule has 0 unspecified atom stereocenters. The summed E-state index contributed by atoms with van der Waals surface area (Å²) in [6.45, 7) is 2.88. The van der Waals surface area contributed by atoms with Crippen LogP contribution in [0.4, 0.5) is 0 Å². The molecule has 25 heavy (non-hydrogen) atoms. The SMILES string of the molecule is CN(C)CC(=O)N1CCc2cccc(S(=O)(=O)N3CCOCC3)c2C1. The molecule has 1 aromatic rings. The minimum absolute atomic E-state index is 0.0224. The molecule has 2 aliphatic rings. The van der Waals surface area contributed by atoms with Gasteiger partial charge < -0.3 is 14.5 Å². The van der Waals surface area contributed by atoms with Gasteiger partial charge in [-0.15, -0.1) is 0 Å². The molecule has 1 amide bonds. The van der Waals surface area contributed by atoms with Crippen LogP contribution in [0.1, 0.15) is 11.1 Å². The summed E-state index contributed by atoms with van der Waals surface area (Å²) < 4.78 is 32.9. The lowest BCUT2D eigenvalue weighted by Gasteiger charge is -2.32. The van der Waals surface area contributed by atoms with Gasteiger partial charge in [-0.1, -0.05) is 12.1 Å². The molecule has 0 saturated carbocycles. The van der Waals surface area contributed by atoms with Gasteiger partial charge in [0.05, 0.1) is 24.7 Å². The number of amides is 1. The quantitative estimate of drug-likeness (QED) is 0.758. The van der Waals surface area contributed by atoms with Crippen molar-refractivity contribution >= 4 is 15.9 Å². The summed E-state index contributed by atoms with van der Waals surface area (Å²) in [6, 6.07) is 5.41. The second kappa shape index (κ2) is 7.41. The fourth-order valence-corrected chi connectivity index (χ4v) is 4.97. The van der Waals surface area contributed by atoms with Crippen molar-refractivity contribution < 1.29 is 17.9 Å². The normalized spacial score (nSPS) is 19.1. The minimum Gasteiger partial charge on any atom is -0.379 e. The number of sulfonamides is 1. The van der Waals surface area contributed by atoms with Crippen LogP contribution in [-0.4, -0.2) is 81.9 Å². The number of morpholine rings is 1. The highest BCUT2D eigenvalue weighted by Crippen LogP contribution is 2.28. The van der Waals surface area contributed by atoms with Crippen molar-refractivity contribution in [3.8, 4) is 0 Å². The highest BCUT2D eigenvalue weighted by atomic mass is 32.2. The summed E-state index contributed by atoms with van der Waals surface area (Å²) in [5, 5.41) is 0. The van der Waals surface area contributed by atoms with E-state index in [0.29, 0.717) is 57.3 Å². The van der Waals surface area contributed by atoms with Crippen molar-refractivity contribution in [1.29, 1.82) is 0 Å². The Morgan fingerprint density at radius 3 is 2.60 bits per heavy atom. The van der Waals surface area contributed by atoms with Gasteiger partial charge in [0.2, 0.25) is 15.9 Å². The van der Waals surface area contributed by atoms with Crippen molar-refractivity contribution in [3.63, 3.8) is 0 Å². The number of likely N-dealkylation sites (N-methyl/N-ethyl adjacent to an activating group) is 1. The molecule has 3 rings (SSSR count). The van der Waals surface area contributed by atoms with E-state index in [-0.39, 0.29) is 5.91 Å². The van der Waals surface area contributed by atoms with Gasteiger partial charge in [0, 0.05) is 26.2 Å². The number of carbonyl (C=O) groups is 1. The third kappa shape index (κ3) is 3.87. The lowest BCUT2D eigenvalue weighted by atomic mass is 10.00. The fraction of sp³-hybridized carbons (Fsp3) is 0.588. The van der Waals surface area contributed by atoms with Gasteiger partial charge in [-0.25, -0.2) is 8.42 Å². The van der Waals surface area contributed by atoms with Crippen LogP contribution in [0, 0.1) is 0 Å². The number of nitrogens with zero attached hydrogens (tertiary/aromatic N) is 3. The summed E-state index contributed by atoms with van der Waals surface area (Å²) in [7, 11) is 0.132. The van der Waals surface area contributed by atoms with Crippen LogP contribution in [0.3, 0.4) is 0 Å². The van der Waals surface area contributed by atoms with Gasteiger partial charge in [0.15, 0.2) is 0 Å². The van der Waals surface area contributed by atoms with Crippen molar-refractivity contribution in [2.24, 2.45) is 0 Å². The first-order valence-corrected chi connectivity index (χ1v) is 9.95. The second-order valence-corrected chi connectivity index (χ2v) is 8.62. The molecule has 8 heteroatoms.